The molecule has 2 aliphatic rings. The summed E-state index contributed by atoms with van der Waals surface area (Å²) in [6, 6.07) is 0.616. The molecule has 17 heavy (non-hydrogen) atoms. The third-order valence-corrected chi connectivity index (χ3v) is 4.12. The number of halogens is 1. The van der Waals surface area contributed by atoms with Crippen molar-refractivity contribution < 1.29 is 4.74 Å². The van der Waals surface area contributed by atoms with Crippen molar-refractivity contribution in [2.45, 2.75) is 38.6 Å². The number of nitrogens with zero attached hydrogens (tertiary/aromatic N) is 1. The van der Waals surface area contributed by atoms with Crippen molar-refractivity contribution in [1.29, 1.82) is 0 Å². The smallest absolute Gasteiger partial charge is 0.0506 e. The molecule has 0 aromatic rings. The summed E-state index contributed by atoms with van der Waals surface area (Å²) in [6.07, 6.45) is 5.19. The van der Waals surface area contributed by atoms with E-state index in [1.54, 1.807) is 0 Å². The minimum Gasteiger partial charge on any atom is -0.381 e. The van der Waals surface area contributed by atoms with Gasteiger partial charge in [-0.15, -0.1) is 12.4 Å². The van der Waals surface area contributed by atoms with E-state index in [4.69, 9.17) is 10.5 Å². The summed E-state index contributed by atoms with van der Waals surface area (Å²) in [5.41, 5.74) is 5.89. The normalized spacial score (nSPS) is 35.3. The Morgan fingerprint density at radius 3 is 2.82 bits per heavy atom. The van der Waals surface area contributed by atoms with Gasteiger partial charge in [-0.3, -0.25) is 4.90 Å². The van der Waals surface area contributed by atoms with Crippen LogP contribution in [-0.2, 0) is 4.74 Å². The van der Waals surface area contributed by atoms with Crippen LogP contribution in [0.25, 0.3) is 0 Å². The van der Waals surface area contributed by atoms with Crippen LogP contribution in [0.4, 0.5) is 0 Å². The largest absolute Gasteiger partial charge is 0.381 e. The lowest BCUT2D eigenvalue weighted by molar-refractivity contribution is 0.0207. The maximum absolute atomic E-state index is 5.89. The van der Waals surface area contributed by atoms with Gasteiger partial charge in [-0.25, -0.2) is 0 Å². The lowest BCUT2D eigenvalue weighted by Gasteiger charge is -2.40. The Kier molecular flexibility index (Phi) is 6.78. The van der Waals surface area contributed by atoms with Crippen LogP contribution in [0.5, 0.6) is 0 Å². The first-order chi connectivity index (χ1) is 7.79. The summed E-state index contributed by atoms with van der Waals surface area (Å²) < 4.78 is 5.56. The SMILES string of the molecule is CC1CCN(CC2CCCOC2)C(CN)C1.Cl. The van der Waals surface area contributed by atoms with Gasteiger partial charge in [0.25, 0.3) is 0 Å². The second kappa shape index (κ2) is 7.57. The van der Waals surface area contributed by atoms with Crippen LogP contribution in [-0.4, -0.2) is 43.8 Å². The van der Waals surface area contributed by atoms with Crippen molar-refractivity contribution in [3.8, 4) is 0 Å². The zero-order valence-electron chi connectivity index (χ0n) is 10.9. The fraction of sp³-hybridized carbons (Fsp3) is 1.00. The van der Waals surface area contributed by atoms with Gasteiger partial charge < -0.3 is 10.5 Å². The van der Waals surface area contributed by atoms with Crippen LogP contribution in [0.1, 0.15) is 32.6 Å². The number of hydrogen-bond acceptors (Lipinski definition) is 3. The molecule has 3 nitrogen and oxygen atoms in total. The highest BCUT2D eigenvalue weighted by Crippen LogP contribution is 2.24. The molecule has 2 aliphatic heterocycles. The number of ether oxygens (including phenoxy) is 1. The lowest BCUT2D eigenvalue weighted by Crippen LogP contribution is -2.48. The zero-order chi connectivity index (χ0) is 11.4. The number of rotatable bonds is 3. The van der Waals surface area contributed by atoms with E-state index in [2.05, 4.69) is 11.8 Å². The first-order valence-electron chi connectivity index (χ1n) is 6.81. The summed E-state index contributed by atoms with van der Waals surface area (Å²) in [7, 11) is 0. The molecule has 0 aliphatic carbocycles. The topological polar surface area (TPSA) is 38.5 Å². The maximum atomic E-state index is 5.89. The average Bonchev–Trinajstić information content (AvgIpc) is 2.33. The number of nitrogens with two attached hydrogens (primary N) is 1. The van der Waals surface area contributed by atoms with Crippen LogP contribution >= 0.6 is 12.4 Å². The molecule has 0 radical (unpaired) electrons. The summed E-state index contributed by atoms with van der Waals surface area (Å²) in [5, 5.41) is 0. The third kappa shape index (κ3) is 4.40. The van der Waals surface area contributed by atoms with Gasteiger partial charge in [-0.05, 0) is 44.1 Å². The van der Waals surface area contributed by atoms with Crippen molar-refractivity contribution in [2.75, 3.05) is 32.8 Å². The van der Waals surface area contributed by atoms with Gasteiger partial charge in [0, 0.05) is 25.7 Å². The molecule has 0 aromatic carbocycles. The van der Waals surface area contributed by atoms with E-state index in [0.29, 0.717) is 6.04 Å². The molecule has 3 unspecified atom stereocenters. The lowest BCUT2D eigenvalue weighted by atomic mass is 9.90. The molecule has 4 heteroatoms. The minimum atomic E-state index is 0. The van der Waals surface area contributed by atoms with Crippen LogP contribution in [0.15, 0.2) is 0 Å². The third-order valence-electron chi connectivity index (χ3n) is 4.12. The second-order valence-corrected chi connectivity index (χ2v) is 5.60. The molecule has 2 N–H and O–H groups in total. The summed E-state index contributed by atoms with van der Waals surface area (Å²) in [4.78, 5) is 2.61. The van der Waals surface area contributed by atoms with Gasteiger partial charge in [0.2, 0.25) is 0 Å². The Balaban J connectivity index is 0.00000144. The monoisotopic (exact) mass is 262 g/mol. The van der Waals surface area contributed by atoms with Gasteiger partial charge in [0.05, 0.1) is 6.61 Å². The van der Waals surface area contributed by atoms with Gasteiger partial charge in [0.1, 0.15) is 0 Å². The van der Waals surface area contributed by atoms with Crippen molar-refractivity contribution >= 4 is 12.4 Å². The molecular weight excluding hydrogens is 236 g/mol. The predicted octanol–water partition coefficient (Wildman–Crippen LogP) is 1.89. The Bertz CT molecular complexity index is 210. The van der Waals surface area contributed by atoms with Crippen molar-refractivity contribution in [3.05, 3.63) is 0 Å². The highest BCUT2D eigenvalue weighted by atomic mass is 35.5. The highest BCUT2D eigenvalue weighted by molar-refractivity contribution is 5.85. The quantitative estimate of drug-likeness (QED) is 0.844. The highest BCUT2D eigenvalue weighted by Gasteiger charge is 2.27. The summed E-state index contributed by atoms with van der Waals surface area (Å²) in [6.45, 7) is 7.53. The van der Waals surface area contributed by atoms with Crippen LogP contribution in [0, 0.1) is 11.8 Å². The first kappa shape index (κ1) is 15.2. The Morgan fingerprint density at radius 2 is 2.18 bits per heavy atom. The molecule has 2 heterocycles. The van der Waals surface area contributed by atoms with Crippen molar-refractivity contribution in [3.63, 3.8) is 0 Å². The molecule has 0 aromatic heterocycles. The number of hydrogen-bond donors (Lipinski definition) is 1. The molecule has 0 amide bonds. The maximum Gasteiger partial charge on any atom is 0.0506 e. The number of likely N-dealkylation sites (tertiary alicyclic amines) is 1. The molecule has 102 valence electrons. The van der Waals surface area contributed by atoms with E-state index in [-0.39, 0.29) is 12.4 Å². The van der Waals surface area contributed by atoms with Gasteiger partial charge in [-0.1, -0.05) is 6.92 Å². The van der Waals surface area contributed by atoms with E-state index in [1.165, 1.54) is 38.8 Å². The van der Waals surface area contributed by atoms with Gasteiger partial charge in [0.15, 0.2) is 0 Å². The van der Waals surface area contributed by atoms with Crippen molar-refractivity contribution in [2.24, 2.45) is 17.6 Å². The standard InChI is InChI=1S/C13H26N2O.ClH/c1-11-4-5-15(13(7-11)8-14)9-12-3-2-6-16-10-12;/h11-13H,2-10,14H2,1H3;1H. The van der Waals surface area contributed by atoms with Crippen LogP contribution in [0.2, 0.25) is 0 Å². The van der Waals surface area contributed by atoms with E-state index >= 15 is 0 Å². The van der Waals surface area contributed by atoms with Gasteiger partial charge >= 0.3 is 0 Å². The zero-order valence-corrected chi connectivity index (χ0v) is 11.8. The van der Waals surface area contributed by atoms with E-state index in [9.17, 15) is 0 Å². The Hall–Kier alpha value is 0.170. The average molecular weight is 263 g/mol. The molecule has 3 atom stereocenters. The Labute approximate surface area is 111 Å². The summed E-state index contributed by atoms with van der Waals surface area (Å²) in [5.74, 6) is 1.60. The molecule has 0 bridgehead atoms. The van der Waals surface area contributed by atoms with E-state index < -0.39 is 0 Å². The van der Waals surface area contributed by atoms with Crippen molar-refractivity contribution in [1.82, 2.24) is 4.90 Å². The Morgan fingerprint density at radius 1 is 1.35 bits per heavy atom. The fourth-order valence-electron chi connectivity index (χ4n) is 3.07. The predicted molar refractivity (Wildman–Crippen MR) is 73.6 cm³/mol. The van der Waals surface area contributed by atoms with Crippen LogP contribution in [0.3, 0.4) is 0 Å². The molecule has 2 rings (SSSR count). The molecule has 0 saturated carbocycles. The van der Waals surface area contributed by atoms with E-state index in [1.807, 2.05) is 0 Å². The molecular formula is C13H27ClN2O. The van der Waals surface area contributed by atoms with E-state index in [0.717, 1.165) is 31.6 Å². The van der Waals surface area contributed by atoms with Crippen LogP contribution < -0.4 is 5.73 Å². The summed E-state index contributed by atoms with van der Waals surface area (Å²) >= 11 is 0. The minimum absolute atomic E-state index is 0. The molecule has 2 saturated heterocycles. The van der Waals surface area contributed by atoms with Gasteiger partial charge in [-0.2, -0.15) is 0 Å². The second-order valence-electron chi connectivity index (χ2n) is 5.60. The molecule has 2 fully saturated rings. The molecule has 0 spiro atoms. The number of piperidine rings is 1. The first-order valence-corrected chi connectivity index (χ1v) is 6.81. The fourth-order valence-corrected chi connectivity index (χ4v) is 3.07.